The lowest BCUT2D eigenvalue weighted by atomic mass is 10.2. The van der Waals surface area contributed by atoms with Gasteiger partial charge < -0.3 is 15.5 Å². The van der Waals surface area contributed by atoms with Crippen LogP contribution >= 0.6 is 0 Å². The zero-order valence-corrected chi connectivity index (χ0v) is 19.6. The van der Waals surface area contributed by atoms with Gasteiger partial charge >= 0.3 is 0 Å². The van der Waals surface area contributed by atoms with Crippen molar-refractivity contribution >= 4 is 38.9 Å². The molecule has 0 spiro atoms. The molecule has 2 fully saturated rings. The molecule has 2 saturated heterocycles. The summed E-state index contributed by atoms with van der Waals surface area (Å²) in [6.07, 6.45) is 4.25. The fourth-order valence-electron chi connectivity index (χ4n) is 4.22. The van der Waals surface area contributed by atoms with Crippen LogP contribution in [-0.4, -0.2) is 50.2 Å². The first-order valence-electron chi connectivity index (χ1n) is 11.4. The van der Waals surface area contributed by atoms with Crippen molar-refractivity contribution in [1.82, 2.24) is 4.31 Å². The number of carbonyl (C=O) groups is 2. The Kier molecular flexibility index (Phi) is 6.99. The van der Waals surface area contributed by atoms with Crippen LogP contribution in [0.4, 0.5) is 17.1 Å². The predicted molar refractivity (Wildman–Crippen MR) is 129 cm³/mol. The molecule has 0 saturated carbocycles. The molecule has 2 N–H and O–H groups in total. The van der Waals surface area contributed by atoms with Crippen LogP contribution in [-0.2, 0) is 19.6 Å². The molecule has 2 aromatic rings. The summed E-state index contributed by atoms with van der Waals surface area (Å²) in [5, 5.41) is 5.99. The van der Waals surface area contributed by atoms with E-state index in [1.54, 1.807) is 24.0 Å². The number of anilines is 3. The minimum absolute atomic E-state index is 0.115. The van der Waals surface area contributed by atoms with E-state index in [9.17, 15) is 18.0 Å². The average molecular weight is 471 g/mol. The summed E-state index contributed by atoms with van der Waals surface area (Å²) in [5.41, 5.74) is 2.10. The predicted octanol–water partition coefficient (Wildman–Crippen LogP) is 3.43. The number of piperidine rings is 1. The Hall–Kier alpha value is -2.91. The Balaban J connectivity index is 1.37. The second-order valence-corrected chi connectivity index (χ2v) is 10.5. The highest BCUT2D eigenvalue weighted by Crippen LogP contribution is 2.25. The molecule has 4 rings (SSSR count). The molecule has 9 heteroatoms. The maximum atomic E-state index is 12.8. The van der Waals surface area contributed by atoms with Crippen LogP contribution in [0.5, 0.6) is 0 Å². The molecule has 176 valence electrons. The Labute approximate surface area is 195 Å². The highest BCUT2D eigenvalue weighted by Gasteiger charge is 2.26. The molecule has 33 heavy (non-hydrogen) atoms. The van der Waals surface area contributed by atoms with Gasteiger partial charge in [0.05, 0.1) is 4.90 Å². The fourth-order valence-corrected chi connectivity index (χ4v) is 5.73. The standard InChI is InChI=1S/C24H30N4O4S/c1-18(25-20-7-5-8-21(17-20)28-16-6-9-23(28)29)24(30)26-19-10-12-22(13-11-19)33(31,32)27-14-3-2-4-15-27/h5,7-8,10-13,17-18,25H,2-4,6,9,14-16H2,1H3,(H,26,30)/t18-/m1/s1. The van der Waals surface area contributed by atoms with Crippen molar-refractivity contribution in [3.8, 4) is 0 Å². The topological polar surface area (TPSA) is 98.8 Å². The largest absolute Gasteiger partial charge is 0.374 e. The third-order valence-electron chi connectivity index (χ3n) is 6.08. The van der Waals surface area contributed by atoms with Gasteiger partial charge in [0, 0.05) is 43.1 Å². The van der Waals surface area contributed by atoms with Gasteiger partial charge in [0.2, 0.25) is 21.8 Å². The first-order chi connectivity index (χ1) is 15.8. The lowest BCUT2D eigenvalue weighted by molar-refractivity contribution is -0.117. The summed E-state index contributed by atoms with van der Waals surface area (Å²) in [7, 11) is -3.50. The molecule has 2 aliphatic rings. The van der Waals surface area contributed by atoms with E-state index in [2.05, 4.69) is 10.6 Å². The summed E-state index contributed by atoms with van der Waals surface area (Å²) in [6, 6.07) is 13.2. The van der Waals surface area contributed by atoms with Gasteiger partial charge in [-0.25, -0.2) is 8.42 Å². The zero-order chi connectivity index (χ0) is 23.4. The third-order valence-corrected chi connectivity index (χ3v) is 8.00. The molecule has 0 aliphatic carbocycles. The Bertz CT molecular complexity index is 1110. The van der Waals surface area contributed by atoms with E-state index in [0.29, 0.717) is 31.7 Å². The maximum absolute atomic E-state index is 12.8. The number of benzene rings is 2. The van der Waals surface area contributed by atoms with E-state index in [4.69, 9.17) is 0 Å². The van der Waals surface area contributed by atoms with Gasteiger partial charge in [-0.2, -0.15) is 4.31 Å². The van der Waals surface area contributed by atoms with Crippen molar-refractivity contribution in [2.45, 2.75) is 50.0 Å². The van der Waals surface area contributed by atoms with Gasteiger partial charge in [0.1, 0.15) is 6.04 Å². The van der Waals surface area contributed by atoms with E-state index in [1.165, 1.54) is 16.4 Å². The minimum Gasteiger partial charge on any atom is -0.374 e. The van der Waals surface area contributed by atoms with Crippen LogP contribution in [0.1, 0.15) is 39.0 Å². The lowest BCUT2D eigenvalue weighted by Gasteiger charge is -2.25. The molecule has 0 aromatic heterocycles. The van der Waals surface area contributed by atoms with Crippen LogP contribution in [0, 0.1) is 0 Å². The van der Waals surface area contributed by atoms with Crippen molar-refractivity contribution < 1.29 is 18.0 Å². The minimum atomic E-state index is -3.50. The van der Waals surface area contributed by atoms with Gasteiger partial charge in [-0.1, -0.05) is 12.5 Å². The first kappa shape index (κ1) is 23.3. The Morgan fingerprint density at radius 3 is 2.33 bits per heavy atom. The highest BCUT2D eigenvalue weighted by molar-refractivity contribution is 7.89. The molecular weight excluding hydrogens is 440 g/mol. The van der Waals surface area contributed by atoms with E-state index >= 15 is 0 Å². The molecule has 0 bridgehead atoms. The van der Waals surface area contributed by atoms with Gasteiger partial charge in [0.15, 0.2) is 0 Å². The molecular formula is C24H30N4O4S. The number of sulfonamides is 1. The lowest BCUT2D eigenvalue weighted by Crippen LogP contribution is -2.35. The second-order valence-electron chi connectivity index (χ2n) is 8.54. The Morgan fingerprint density at radius 2 is 1.67 bits per heavy atom. The zero-order valence-electron chi connectivity index (χ0n) is 18.8. The SMILES string of the molecule is C[C@@H](Nc1cccc(N2CCCC2=O)c1)C(=O)Nc1ccc(S(=O)(=O)N2CCCCC2)cc1. The Morgan fingerprint density at radius 1 is 0.939 bits per heavy atom. The first-order valence-corrected chi connectivity index (χ1v) is 12.9. The number of carbonyl (C=O) groups excluding carboxylic acids is 2. The molecule has 0 unspecified atom stereocenters. The summed E-state index contributed by atoms with van der Waals surface area (Å²) in [5.74, 6) is -0.132. The quantitative estimate of drug-likeness (QED) is 0.646. The van der Waals surface area contributed by atoms with Gasteiger partial charge in [-0.15, -0.1) is 0 Å². The van der Waals surface area contributed by atoms with E-state index in [0.717, 1.165) is 37.1 Å². The number of hydrogen-bond donors (Lipinski definition) is 2. The van der Waals surface area contributed by atoms with E-state index in [-0.39, 0.29) is 16.7 Å². The van der Waals surface area contributed by atoms with Gasteiger partial charge in [0.25, 0.3) is 0 Å². The molecule has 8 nitrogen and oxygen atoms in total. The van der Waals surface area contributed by atoms with Crippen LogP contribution in [0.2, 0.25) is 0 Å². The van der Waals surface area contributed by atoms with Crippen LogP contribution < -0.4 is 15.5 Å². The van der Waals surface area contributed by atoms with E-state index in [1.807, 2.05) is 24.3 Å². The fraction of sp³-hybridized carbons (Fsp3) is 0.417. The molecule has 2 aromatic carbocycles. The van der Waals surface area contributed by atoms with Crippen molar-refractivity contribution in [3.05, 3.63) is 48.5 Å². The van der Waals surface area contributed by atoms with Crippen LogP contribution in [0.15, 0.2) is 53.4 Å². The van der Waals surface area contributed by atoms with Gasteiger partial charge in [-0.05, 0) is 68.7 Å². The molecule has 2 amide bonds. The number of amides is 2. The second kappa shape index (κ2) is 9.93. The third kappa shape index (κ3) is 5.36. The van der Waals surface area contributed by atoms with Gasteiger partial charge in [-0.3, -0.25) is 9.59 Å². The maximum Gasteiger partial charge on any atom is 0.246 e. The molecule has 1 atom stereocenters. The number of nitrogens with one attached hydrogen (secondary N) is 2. The summed E-state index contributed by atoms with van der Waals surface area (Å²) >= 11 is 0. The highest BCUT2D eigenvalue weighted by atomic mass is 32.2. The molecule has 2 heterocycles. The summed E-state index contributed by atoms with van der Waals surface area (Å²) < 4.78 is 27.1. The van der Waals surface area contributed by atoms with Crippen molar-refractivity contribution in [3.63, 3.8) is 0 Å². The van der Waals surface area contributed by atoms with Crippen molar-refractivity contribution in [1.29, 1.82) is 0 Å². The molecule has 0 radical (unpaired) electrons. The normalized spacial score (nSPS) is 18.2. The van der Waals surface area contributed by atoms with Crippen molar-refractivity contribution in [2.75, 3.05) is 35.2 Å². The molecule has 2 aliphatic heterocycles. The number of rotatable bonds is 7. The summed E-state index contributed by atoms with van der Waals surface area (Å²) in [4.78, 5) is 26.7. The smallest absolute Gasteiger partial charge is 0.246 e. The van der Waals surface area contributed by atoms with E-state index < -0.39 is 16.1 Å². The number of hydrogen-bond acceptors (Lipinski definition) is 5. The van der Waals surface area contributed by atoms with Crippen molar-refractivity contribution in [2.24, 2.45) is 0 Å². The van der Waals surface area contributed by atoms with Crippen LogP contribution in [0.3, 0.4) is 0 Å². The monoisotopic (exact) mass is 470 g/mol. The summed E-state index contributed by atoms with van der Waals surface area (Å²) in [6.45, 7) is 3.56. The average Bonchev–Trinajstić information content (AvgIpc) is 3.26. The number of nitrogens with zero attached hydrogens (tertiary/aromatic N) is 2. The van der Waals surface area contributed by atoms with Crippen LogP contribution in [0.25, 0.3) is 0 Å².